The van der Waals surface area contributed by atoms with E-state index in [0.29, 0.717) is 12.4 Å². The lowest BCUT2D eigenvalue weighted by Gasteiger charge is -2.16. The van der Waals surface area contributed by atoms with Crippen molar-refractivity contribution in [2.45, 2.75) is 26.2 Å². The molecule has 0 aliphatic rings. The highest BCUT2D eigenvalue weighted by atomic mass is 16.3. The van der Waals surface area contributed by atoms with Gasteiger partial charge in [0.15, 0.2) is 5.58 Å². The molecule has 0 aliphatic carbocycles. The summed E-state index contributed by atoms with van der Waals surface area (Å²) in [5, 5.41) is 0. The van der Waals surface area contributed by atoms with Crippen LogP contribution in [0.2, 0.25) is 0 Å². The van der Waals surface area contributed by atoms with Crippen LogP contribution in [0.15, 0.2) is 22.6 Å². The van der Waals surface area contributed by atoms with Crippen LogP contribution in [0.25, 0.3) is 11.1 Å². The first kappa shape index (κ1) is 10.2. The molecule has 2 N–H and O–H groups in total. The quantitative estimate of drug-likeness (QED) is 0.817. The SMILES string of the molecule is Cc1ccc2oc(C(C)(C)CN)nc2c1. The molecule has 0 unspecified atom stereocenters. The molecule has 1 aromatic heterocycles. The third-order valence-corrected chi connectivity index (χ3v) is 2.63. The Morgan fingerprint density at radius 1 is 1.40 bits per heavy atom. The summed E-state index contributed by atoms with van der Waals surface area (Å²) in [6.07, 6.45) is 0. The van der Waals surface area contributed by atoms with Crippen molar-refractivity contribution < 1.29 is 4.42 Å². The lowest BCUT2D eigenvalue weighted by atomic mass is 9.94. The van der Waals surface area contributed by atoms with E-state index in [1.807, 2.05) is 39.0 Å². The molecule has 0 saturated heterocycles. The molecule has 2 rings (SSSR count). The summed E-state index contributed by atoms with van der Waals surface area (Å²) in [4.78, 5) is 4.47. The van der Waals surface area contributed by atoms with Crippen molar-refractivity contribution in [2.24, 2.45) is 5.73 Å². The highest BCUT2D eigenvalue weighted by Gasteiger charge is 2.24. The van der Waals surface area contributed by atoms with Crippen molar-refractivity contribution >= 4 is 11.1 Å². The molecular formula is C12H16N2O. The fourth-order valence-electron chi connectivity index (χ4n) is 1.41. The Balaban J connectivity index is 2.56. The zero-order chi connectivity index (χ0) is 11.1. The molecule has 0 aliphatic heterocycles. The van der Waals surface area contributed by atoms with Gasteiger partial charge in [-0.3, -0.25) is 0 Å². The summed E-state index contributed by atoms with van der Waals surface area (Å²) >= 11 is 0. The Hall–Kier alpha value is -1.35. The van der Waals surface area contributed by atoms with E-state index in [-0.39, 0.29) is 5.41 Å². The summed E-state index contributed by atoms with van der Waals surface area (Å²) < 4.78 is 5.69. The average molecular weight is 204 g/mol. The van der Waals surface area contributed by atoms with Gasteiger partial charge in [0.25, 0.3) is 0 Å². The first-order chi connectivity index (χ1) is 7.03. The normalized spacial score (nSPS) is 12.3. The topological polar surface area (TPSA) is 52.0 Å². The van der Waals surface area contributed by atoms with E-state index in [4.69, 9.17) is 10.2 Å². The Kier molecular flexibility index (Phi) is 2.27. The summed E-state index contributed by atoms with van der Waals surface area (Å²) in [7, 11) is 0. The first-order valence-electron chi connectivity index (χ1n) is 5.11. The Morgan fingerprint density at radius 3 is 2.80 bits per heavy atom. The lowest BCUT2D eigenvalue weighted by Crippen LogP contribution is -2.28. The van der Waals surface area contributed by atoms with E-state index in [9.17, 15) is 0 Å². The van der Waals surface area contributed by atoms with Crippen LogP contribution in [0, 0.1) is 6.92 Å². The molecule has 3 heteroatoms. The first-order valence-corrected chi connectivity index (χ1v) is 5.11. The molecule has 0 bridgehead atoms. The molecule has 0 fully saturated rings. The van der Waals surface area contributed by atoms with Gasteiger partial charge >= 0.3 is 0 Å². The predicted molar refractivity (Wildman–Crippen MR) is 60.8 cm³/mol. The van der Waals surface area contributed by atoms with Crippen molar-refractivity contribution in [1.82, 2.24) is 4.98 Å². The van der Waals surface area contributed by atoms with Crippen molar-refractivity contribution in [3.05, 3.63) is 29.7 Å². The minimum absolute atomic E-state index is 0.201. The van der Waals surface area contributed by atoms with E-state index in [1.165, 1.54) is 5.56 Å². The van der Waals surface area contributed by atoms with Crippen LogP contribution in [0.4, 0.5) is 0 Å². The molecule has 15 heavy (non-hydrogen) atoms. The van der Waals surface area contributed by atoms with Gasteiger partial charge in [0.05, 0.1) is 5.41 Å². The number of aryl methyl sites for hydroxylation is 1. The number of aromatic nitrogens is 1. The predicted octanol–water partition coefficient (Wildman–Crippen LogP) is 2.37. The maximum absolute atomic E-state index is 5.69. The average Bonchev–Trinajstić information content (AvgIpc) is 2.61. The van der Waals surface area contributed by atoms with Crippen LogP contribution >= 0.6 is 0 Å². The smallest absolute Gasteiger partial charge is 0.202 e. The van der Waals surface area contributed by atoms with Crippen LogP contribution < -0.4 is 5.73 Å². The molecule has 0 saturated carbocycles. The summed E-state index contributed by atoms with van der Waals surface area (Å²) in [5.41, 5.74) is 8.42. The minimum Gasteiger partial charge on any atom is -0.440 e. The molecular weight excluding hydrogens is 188 g/mol. The maximum atomic E-state index is 5.69. The third-order valence-electron chi connectivity index (χ3n) is 2.63. The Morgan fingerprint density at radius 2 is 2.13 bits per heavy atom. The molecule has 1 heterocycles. The van der Waals surface area contributed by atoms with Crippen molar-refractivity contribution in [3.63, 3.8) is 0 Å². The van der Waals surface area contributed by atoms with Gasteiger partial charge in [-0.25, -0.2) is 4.98 Å². The molecule has 0 amide bonds. The largest absolute Gasteiger partial charge is 0.440 e. The Bertz CT molecular complexity index is 485. The molecule has 0 atom stereocenters. The van der Waals surface area contributed by atoms with E-state index < -0.39 is 0 Å². The number of hydrogen-bond acceptors (Lipinski definition) is 3. The van der Waals surface area contributed by atoms with Crippen LogP contribution in [0.3, 0.4) is 0 Å². The molecule has 0 radical (unpaired) electrons. The van der Waals surface area contributed by atoms with E-state index in [0.717, 1.165) is 11.1 Å². The van der Waals surface area contributed by atoms with Gasteiger partial charge in [-0.05, 0) is 38.5 Å². The maximum Gasteiger partial charge on any atom is 0.202 e. The fourth-order valence-corrected chi connectivity index (χ4v) is 1.41. The van der Waals surface area contributed by atoms with E-state index in [1.54, 1.807) is 0 Å². The lowest BCUT2D eigenvalue weighted by molar-refractivity contribution is 0.391. The zero-order valence-corrected chi connectivity index (χ0v) is 9.37. The summed E-state index contributed by atoms with van der Waals surface area (Å²) in [6.45, 7) is 6.63. The second kappa shape index (κ2) is 3.35. The molecule has 0 spiro atoms. The highest BCUT2D eigenvalue weighted by molar-refractivity contribution is 5.73. The highest BCUT2D eigenvalue weighted by Crippen LogP contribution is 2.25. The van der Waals surface area contributed by atoms with Gasteiger partial charge in [0.1, 0.15) is 5.52 Å². The zero-order valence-electron chi connectivity index (χ0n) is 9.37. The monoisotopic (exact) mass is 204 g/mol. The van der Waals surface area contributed by atoms with Gasteiger partial charge in [-0.1, -0.05) is 6.07 Å². The number of benzene rings is 1. The number of nitrogens with two attached hydrogens (primary N) is 1. The van der Waals surface area contributed by atoms with Gasteiger partial charge < -0.3 is 10.2 Å². The van der Waals surface area contributed by atoms with Crippen molar-refractivity contribution in [1.29, 1.82) is 0 Å². The van der Waals surface area contributed by atoms with Gasteiger partial charge in [0, 0.05) is 6.54 Å². The van der Waals surface area contributed by atoms with Crippen LogP contribution in [0.5, 0.6) is 0 Å². The third kappa shape index (κ3) is 1.75. The van der Waals surface area contributed by atoms with Crippen molar-refractivity contribution in [2.75, 3.05) is 6.54 Å². The number of oxazole rings is 1. The minimum atomic E-state index is -0.201. The van der Waals surface area contributed by atoms with Gasteiger partial charge in [-0.2, -0.15) is 0 Å². The number of fused-ring (bicyclic) bond motifs is 1. The van der Waals surface area contributed by atoms with Gasteiger partial charge in [-0.15, -0.1) is 0 Å². The van der Waals surface area contributed by atoms with Crippen LogP contribution in [0.1, 0.15) is 25.3 Å². The van der Waals surface area contributed by atoms with Crippen molar-refractivity contribution in [3.8, 4) is 0 Å². The van der Waals surface area contributed by atoms with E-state index in [2.05, 4.69) is 4.98 Å². The molecule has 80 valence electrons. The second-order valence-electron chi connectivity index (χ2n) is 4.58. The van der Waals surface area contributed by atoms with Gasteiger partial charge in [0.2, 0.25) is 5.89 Å². The second-order valence-corrected chi connectivity index (χ2v) is 4.58. The van der Waals surface area contributed by atoms with E-state index >= 15 is 0 Å². The Labute approximate surface area is 89.3 Å². The summed E-state index contributed by atoms with van der Waals surface area (Å²) in [6, 6.07) is 6.00. The molecule has 3 nitrogen and oxygen atoms in total. The fraction of sp³-hybridized carbons (Fsp3) is 0.417. The molecule has 1 aromatic carbocycles. The number of hydrogen-bond donors (Lipinski definition) is 1. The van der Waals surface area contributed by atoms with Crippen LogP contribution in [-0.2, 0) is 5.41 Å². The number of rotatable bonds is 2. The van der Waals surface area contributed by atoms with Crippen LogP contribution in [-0.4, -0.2) is 11.5 Å². The number of nitrogens with zero attached hydrogens (tertiary/aromatic N) is 1. The summed E-state index contributed by atoms with van der Waals surface area (Å²) in [5.74, 6) is 0.714. The molecule has 2 aromatic rings. The standard InChI is InChI=1S/C12H16N2O/c1-8-4-5-10-9(6-8)14-11(15-10)12(2,3)7-13/h4-6H,7,13H2,1-3H3.